The Morgan fingerprint density at radius 2 is 2.06 bits per heavy atom. The van der Waals surface area contributed by atoms with Gasteiger partial charge in [0, 0.05) is 28.4 Å². The zero-order chi connectivity index (χ0) is 12.3. The topological polar surface area (TPSA) is 38.0 Å². The van der Waals surface area contributed by atoms with Crippen LogP contribution in [0.1, 0.15) is 11.8 Å². The minimum absolute atomic E-state index is 0.490. The first-order chi connectivity index (χ1) is 8.16. The Kier molecular flexibility index (Phi) is 4.25. The lowest BCUT2D eigenvalue weighted by atomic mass is 10.3. The maximum Gasteiger partial charge on any atom is 0.105 e. The molecule has 17 heavy (non-hydrogen) atoms. The number of aliphatic hydroxyl groups excluding tert-OH is 1. The van der Waals surface area contributed by atoms with E-state index < -0.39 is 6.10 Å². The van der Waals surface area contributed by atoms with Gasteiger partial charge in [0.05, 0.1) is 5.69 Å². The van der Waals surface area contributed by atoms with Crippen LogP contribution in [0.15, 0.2) is 45.9 Å². The van der Waals surface area contributed by atoms with Crippen LogP contribution in [0.4, 0.5) is 0 Å². The van der Waals surface area contributed by atoms with Crippen LogP contribution in [-0.2, 0) is 7.05 Å². The average molecular weight is 313 g/mol. The second-order valence-electron chi connectivity index (χ2n) is 3.66. The predicted molar refractivity (Wildman–Crippen MR) is 73.0 cm³/mol. The quantitative estimate of drug-likeness (QED) is 0.882. The van der Waals surface area contributed by atoms with Crippen molar-refractivity contribution in [2.45, 2.75) is 11.0 Å². The standard InChI is InChI=1S/C12H13BrN2OS/c1-15-11(6-7-14-15)12(16)8-17-10-4-2-9(13)3-5-10/h2-7,12,16H,8H2,1H3. The molecule has 2 rings (SSSR count). The van der Waals surface area contributed by atoms with E-state index in [1.54, 1.807) is 22.6 Å². The molecule has 0 bridgehead atoms. The number of hydrogen-bond acceptors (Lipinski definition) is 3. The average Bonchev–Trinajstić information content (AvgIpc) is 2.74. The third-order valence-corrected chi connectivity index (χ3v) is 4.04. The molecule has 1 aromatic carbocycles. The molecule has 1 aromatic heterocycles. The van der Waals surface area contributed by atoms with Gasteiger partial charge in [-0.25, -0.2) is 0 Å². The highest BCUT2D eigenvalue weighted by Crippen LogP contribution is 2.25. The molecule has 0 amide bonds. The van der Waals surface area contributed by atoms with E-state index in [9.17, 15) is 5.11 Å². The summed E-state index contributed by atoms with van der Waals surface area (Å²) in [6.07, 6.45) is 1.21. The Bertz CT molecular complexity index is 484. The summed E-state index contributed by atoms with van der Waals surface area (Å²) < 4.78 is 2.77. The van der Waals surface area contributed by atoms with Crippen molar-refractivity contribution in [2.75, 3.05) is 5.75 Å². The minimum Gasteiger partial charge on any atom is -0.386 e. The fourth-order valence-corrected chi connectivity index (χ4v) is 2.62. The van der Waals surface area contributed by atoms with E-state index in [1.807, 2.05) is 37.4 Å². The van der Waals surface area contributed by atoms with Gasteiger partial charge in [0.2, 0.25) is 0 Å². The molecular weight excluding hydrogens is 300 g/mol. The molecule has 1 unspecified atom stereocenters. The molecule has 0 spiro atoms. The van der Waals surface area contributed by atoms with Crippen LogP contribution in [0.2, 0.25) is 0 Å². The third-order valence-electron chi connectivity index (χ3n) is 2.42. The lowest BCUT2D eigenvalue weighted by molar-refractivity contribution is 0.193. The molecule has 3 nitrogen and oxygen atoms in total. The molecule has 0 aliphatic carbocycles. The van der Waals surface area contributed by atoms with Gasteiger partial charge in [-0.1, -0.05) is 15.9 Å². The maximum atomic E-state index is 10.0. The third kappa shape index (κ3) is 3.34. The van der Waals surface area contributed by atoms with Crippen molar-refractivity contribution in [1.29, 1.82) is 0 Å². The molecule has 2 aromatic rings. The molecule has 1 heterocycles. The van der Waals surface area contributed by atoms with E-state index in [0.29, 0.717) is 5.75 Å². The van der Waals surface area contributed by atoms with Crippen LogP contribution in [0.5, 0.6) is 0 Å². The number of hydrogen-bond donors (Lipinski definition) is 1. The fourth-order valence-electron chi connectivity index (χ4n) is 1.50. The van der Waals surface area contributed by atoms with Crippen molar-refractivity contribution in [3.63, 3.8) is 0 Å². The number of halogens is 1. The van der Waals surface area contributed by atoms with Crippen molar-refractivity contribution in [1.82, 2.24) is 9.78 Å². The van der Waals surface area contributed by atoms with Crippen LogP contribution in [0.3, 0.4) is 0 Å². The zero-order valence-corrected chi connectivity index (χ0v) is 11.8. The van der Waals surface area contributed by atoms with Crippen molar-refractivity contribution in [2.24, 2.45) is 7.05 Å². The largest absolute Gasteiger partial charge is 0.386 e. The smallest absolute Gasteiger partial charge is 0.105 e. The summed E-state index contributed by atoms with van der Waals surface area (Å²) in [6, 6.07) is 9.90. The first kappa shape index (κ1) is 12.7. The normalized spacial score (nSPS) is 12.6. The molecule has 0 aliphatic rings. The van der Waals surface area contributed by atoms with Gasteiger partial charge in [-0.15, -0.1) is 11.8 Å². The monoisotopic (exact) mass is 312 g/mol. The van der Waals surface area contributed by atoms with Gasteiger partial charge in [-0.2, -0.15) is 5.10 Å². The molecule has 1 N–H and O–H groups in total. The number of rotatable bonds is 4. The van der Waals surface area contributed by atoms with E-state index in [4.69, 9.17) is 0 Å². The molecule has 90 valence electrons. The lowest BCUT2D eigenvalue weighted by Crippen LogP contribution is -2.07. The van der Waals surface area contributed by atoms with Crippen molar-refractivity contribution < 1.29 is 5.11 Å². The van der Waals surface area contributed by atoms with Gasteiger partial charge in [-0.3, -0.25) is 4.68 Å². The number of aliphatic hydroxyl groups is 1. The van der Waals surface area contributed by atoms with E-state index >= 15 is 0 Å². The van der Waals surface area contributed by atoms with Gasteiger partial charge in [-0.05, 0) is 30.3 Å². The second kappa shape index (κ2) is 5.71. The summed E-state index contributed by atoms with van der Waals surface area (Å²) >= 11 is 5.03. The first-order valence-electron chi connectivity index (χ1n) is 5.21. The summed E-state index contributed by atoms with van der Waals surface area (Å²) in [5, 5.41) is 14.1. The van der Waals surface area contributed by atoms with Crippen LogP contribution >= 0.6 is 27.7 Å². The number of aromatic nitrogens is 2. The molecule has 1 atom stereocenters. The Labute approximate surface area is 113 Å². The highest BCUT2D eigenvalue weighted by Gasteiger charge is 2.11. The molecule has 5 heteroatoms. The predicted octanol–water partition coefficient (Wildman–Crippen LogP) is 3.01. The van der Waals surface area contributed by atoms with Gasteiger partial charge < -0.3 is 5.11 Å². The summed E-state index contributed by atoms with van der Waals surface area (Å²) in [4.78, 5) is 1.15. The molecule has 0 aliphatic heterocycles. The van der Waals surface area contributed by atoms with Crippen LogP contribution < -0.4 is 0 Å². The number of benzene rings is 1. The SMILES string of the molecule is Cn1nccc1C(O)CSc1ccc(Br)cc1. The van der Waals surface area contributed by atoms with Gasteiger partial charge >= 0.3 is 0 Å². The summed E-state index contributed by atoms with van der Waals surface area (Å²) in [5.74, 6) is 0.626. The highest BCUT2D eigenvalue weighted by molar-refractivity contribution is 9.10. The zero-order valence-electron chi connectivity index (χ0n) is 9.38. The van der Waals surface area contributed by atoms with E-state index in [1.165, 1.54) is 0 Å². The molecule has 0 radical (unpaired) electrons. The van der Waals surface area contributed by atoms with Crippen LogP contribution in [-0.4, -0.2) is 20.6 Å². The molecular formula is C12H13BrN2OS. The molecule has 0 saturated heterocycles. The maximum absolute atomic E-state index is 10.0. The van der Waals surface area contributed by atoms with E-state index in [-0.39, 0.29) is 0 Å². The Hall–Kier alpha value is -0.780. The first-order valence-corrected chi connectivity index (χ1v) is 6.99. The number of thioether (sulfide) groups is 1. The Balaban J connectivity index is 1.94. The van der Waals surface area contributed by atoms with Crippen LogP contribution in [0.25, 0.3) is 0 Å². The van der Waals surface area contributed by atoms with Crippen molar-refractivity contribution in [3.8, 4) is 0 Å². The van der Waals surface area contributed by atoms with E-state index in [2.05, 4.69) is 21.0 Å². The van der Waals surface area contributed by atoms with Crippen molar-refractivity contribution >= 4 is 27.7 Å². The minimum atomic E-state index is -0.490. The van der Waals surface area contributed by atoms with Gasteiger partial charge in [0.1, 0.15) is 6.10 Å². The van der Waals surface area contributed by atoms with Crippen LogP contribution in [0, 0.1) is 0 Å². The Morgan fingerprint density at radius 3 is 2.65 bits per heavy atom. The molecule has 0 fully saturated rings. The number of aryl methyl sites for hydroxylation is 1. The lowest BCUT2D eigenvalue weighted by Gasteiger charge is -2.10. The summed E-state index contributed by atoms with van der Waals surface area (Å²) in [6.45, 7) is 0. The Morgan fingerprint density at radius 1 is 1.35 bits per heavy atom. The molecule has 0 saturated carbocycles. The number of nitrogens with zero attached hydrogens (tertiary/aromatic N) is 2. The second-order valence-corrected chi connectivity index (χ2v) is 5.67. The van der Waals surface area contributed by atoms with Gasteiger partial charge in [0.15, 0.2) is 0 Å². The highest BCUT2D eigenvalue weighted by atomic mass is 79.9. The van der Waals surface area contributed by atoms with Crippen molar-refractivity contribution in [3.05, 3.63) is 46.7 Å². The van der Waals surface area contributed by atoms with E-state index in [0.717, 1.165) is 15.1 Å². The summed E-state index contributed by atoms with van der Waals surface area (Å²) in [5.41, 5.74) is 0.842. The van der Waals surface area contributed by atoms with Gasteiger partial charge in [0.25, 0.3) is 0 Å². The summed E-state index contributed by atoms with van der Waals surface area (Å²) in [7, 11) is 1.84. The fraction of sp³-hybridized carbons (Fsp3) is 0.250.